The van der Waals surface area contributed by atoms with Crippen molar-refractivity contribution in [2.75, 3.05) is 18.9 Å². The average molecular weight is 397 g/mol. The Morgan fingerprint density at radius 3 is 2.71 bits per heavy atom. The van der Waals surface area contributed by atoms with E-state index >= 15 is 0 Å². The summed E-state index contributed by atoms with van der Waals surface area (Å²) >= 11 is 0. The number of sulfonamides is 1. The van der Waals surface area contributed by atoms with Crippen molar-refractivity contribution >= 4 is 38.4 Å². The van der Waals surface area contributed by atoms with Crippen LogP contribution in [0.3, 0.4) is 0 Å². The summed E-state index contributed by atoms with van der Waals surface area (Å²) in [6.07, 6.45) is 3.21. The number of H-pyrrole nitrogens is 1. The van der Waals surface area contributed by atoms with E-state index in [1.165, 1.54) is 12.1 Å². The number of para-hydroxylation sites is 1. The summed E-state index contributed by atoms with van der Waals surface area (Å²) in [6, 6.07) is 11.3. The standard InChI is InChI=1S/C19H19N5O3S/c1-24-11-3-6-17(24)23-28(26,27)15-9-7-14(8-10-15)21-19(25)16-5-2-4-13-12-20-22-18(13)16/h2,4-5,7-10,12H,3,6,11H2,1H3,(H,20,22)(H,21,25)/b23-17+. The lowest BCUT2D eigenvalue weighted by Gasteiger charge is -2.11. The van der Waals surface area contributed by atoms with Crippen LogP contribution in [-0.2, 0) is 10.0 Å². The van der Waals surface area contributed by atoms with Crippen LogP contribution in [-0.4, -0.2) is 48.9 Å². The molecule has 0 bridgehead atoms. The molecule has 2 N–H and O–H groups in total. The zero-order valence-electron chi connectivity index (χ0n) is 15.2. The Bertz CT molecular complexity index is 1170. The molecule has 8 nitrogen and oxygen atoms in total. The second kappa shape index (κ2) is 7.08. The summed E-state index contributed by atoms with van der Waals surface area (Å²) in [5.41, 5.74) is 1.60. The second-order valence-corrected chi connectivity index (χ2v) is 8.23. The molecular weight excluding hydrogens is 378 g/mol. The highest BCUT2D eigenvalue weighted by molar-refractivity contribution is 7.90. The zero-order chi connectivity index (χ0) is 19.7. The van der Waals surface area contributed by atoms with Gasteiger partial charge in [0.05, 0.1) is 22.2 Å². The smallest absolute Gasteiger partial charge is 0.283 e. The highest BCUT2D eigenvalue weighted by Crippen LogP contribution is 2.21. The van der Waals surface area contributed by atoms with Gasteiger partial charge in [0.15, 0.2) is 0 Å². The third-order valence-electron chi connectivity index (χ3n) is 4.69. The number of anilines is 1. The van der Waals surface area contributed by atoms with Gasteiger partial charge in [-0.3, -0.25) is 9.89 Å². The van der Waals surface area contributed by atoms with E-state index in [1.54, 1.807) is 30.5 Å². The maximum Gasteiger partial charge on any atom is 0.283 e. The van der Waals surface area contributed by atoms with Crippen LogP contribution >= 0.6 is 0 Å². The number of likely N-dealkylation sites (tertiary alicyclic amines) is 1. The van der Waals surface area contributed by atoms with Gasteiger partial charge in [-0.15, -0.1) is 4.40 Å². The molecule has 0 spiro atoms. The molecule has 28 heavy (non-hydrogen) atoms. The summed E-state index contributed by atoms with van der Waals surface area (Å²) < 4.78 is 28.9. The maximum absolute atomic E-state index is 12.6. The number of aromatic amines is 1. The number of hydrogen-bond acceptors (Lipinski definition) is 4. The summed E-state index contributed by atoms with van der Waals surface area (Å²) in [7, 11) is -1.94. The summed E-state index contributed by atoms with van der Waals surface area (Å²) in [4.78, 5) is 14.5. The lowest BCUT2D eigenvalue weighted by molar-refractivity contribution is 0.102. The Labute approximate surface area is 162 Å². The molecule has 1 amide bonds. The molecule has 1 saturated heterocycles. The molecule has 4 rings (SSSR count). The zero-order valence-corrected chi connectivity index (χ0v) is 16.0. The molecule has 1 aromatic heterocycles. The van der Waals surface area contributed by atoms with Gasteiger partial charge >= 0.3 is 0 Å². The van der Waals surface area contributed by atoms with Crippen LogP contribution in [0.5, 0.6) is 0 Å². The normalized spacial score (nSPS) is 16.0. The first kappa shape index (κ1) is 18.2. The molecule has 0 atom stereocenters. The van der Waals surface area contributed by atoms with Crippen LogP contribution in [0.15, 0.2) is 58.0 Å². The SMILES string of the molecule is CN1CCC/C1=N\S(=O)(=O)c1ccc(NC(=O)c2cccc3cn[nH]c23)cc1. The van der Waals surface area contributed by atoms with Gasteiger partial charge in [0.25, 0.3) is 15.9 Å². The van der Waals surface area contributed by atoms with Gasteiger partial charge in [-0.1, -0.05) is 12.1 Å². The van der Waals surface area contributed by atoms with Crippen molar-refractivity contribution < 1.29 is 13.2 Å². The molecular formula is C19H19N5O3S. The third-order valence-corrected chi connectivity index (χ3v) is 6.01. The fourth-order valence-corrected chi connectivity index (χ4v) is 4.26. The van der Waals surface area contributed by atoms with E-state index in [0.29, 0.717) is 29.0 Å². The topological polar surface area (TPSA) is 108 Å². The lowest BCUT2D eigenvalue weighted by atomic mass is 10.1. The Morgan fingerprint density at radius 2 is 2.00 bits per heavy atom. The number of rotatable bonds is 4. The highest BCUT2D eigenvalue weighted by atomic mass is 32.2. The number of amidine groups is 1. The van der Waals surface area contributed by atoms with Crippen molar-refractivity contribution in [2.45, 2.75) is 17.7 Å². The van der Waals surface area contributed by atoms with Crippen molar-refractivity contribution in [3.63, 3.8) is 0 Å². The molecule has 1 aliphatic rings. The molecule has 0 saturated carbocycles. The molecule has 0 unspecified atom stereocenters. The largest absolute Gasteiger partial charge is 0.362 e. The number of carbonyl (C=O) groups is 1. The molecule has 0 radical (unpaired) electrons. The molecule has 1 aliphatic heterocycles. The molecule has 0 aliphatic carbocycles. The van der Waals surface area contributed by atoms with Crippen molar-refractivity contribution in [3.8, 4) is 0 Å². The fraction of sp³-hybridized carbons (Fsp3) is 0.211. The fourth-order valence-electron chi connectivity index (χ4n) is 3.17. The number of benzene rings is 2. The van der Waals surface area contributed by atoms with Crippen molar-refractivity contribution in [1.29, 1.82) is 0 Å². The Kier molecular flexibility index (Phi) is 4.60. The number of amides is 1. The summed E-state index contributed by atoms with van der Waals surface area (Å²) in [5, 5.41) is 10.4. The molecule has 3 aromatic rings. The first-order chi connectivity index (χ1) is 13.4. The molecule has 2 aromatic carbocycles. The number of fused-ring (bicyclic) bond motifs is 1. The van der Waals surface area contributed by atoms with Crippen LogP contribution < -0.4 is 5.32 Å². The molecule has 9 heteroatoms. The molecule has 2 heterocycles. The van der Waals surface area contributed by atoms with Crippen LogP contribution in [0.4, 0.5) is 5.69 Å². The average Bonchev–Trinajstić information content (AvgIpc) is 3.30. The number of nitrogens with zero attached hydrogens (tertiary/aromatic N) is 3. The minimum atomic E-state index is -3.77. The Balaban J connectivity index is 1.53. The minimum absolute atomic E-state index is 0.0916. The predicted octanol–water partition coefficient (Wildman–Crippen LogP) is 2.63. The van der Waals surface area contributed by atoms with Gasteiger partial charge in [0.2, 0.25) is 0 Å². The molecule has 1 fully saturated rings. The number of hydrogen-bond donors (Lipinski definition) is 2. The van der Waals surface area contributed by atoms with Gasteiger partial charge in [-0.25, -0.2) is 0 Å². The third kappa shape index (κ3) is 3.48. The van der Waals surface area contributed by atoms with Gasteiger partial charge in [-0.05, 0) is 36.8 Å². The number of aromatic nitrogens is 2. The van der Waals surface area contributed by atoms with Crippen LogP contribution in [0.1, 0.15) is 23.2 Å². The lowest BCUT2D eigenvalue weighted by Crippen LogP contribution is -2.20. The minimum Gasteiger partial charge on any atom is -0.362 e. The maximum atomic E-state index is 12.6. The van der Waals surface area contributed by atoms with E-state index < -0.39 is 10.0 Å². The van der Waals surface area contributed by atoms with Crippen molar-refractivity contribution in [3.05, 3.63) is 54.2 Å². The summed E-state index contributed by atoms with van der Waals surface area (Å²) in [5.74, 6) is 0.267. The van der Waals surface area contributed by atoms with Gasteiger partial charge in [-0.2, -0.15) is 13.5 Å². The van der Waals surface area contributed by atoms with E-state index in [0.717, 1.165) is 18.4 Å². The monoisotopic (exact) mass is 397 g/mol. The van der Waals surface area contributed by atoms with E-state index in [1.807, 2.05) is 18.0 Å². The van der Waals surface area contributed by atoms with Crippen molar-refractivity contribution in [2.24, 2.45) is 4.40 Å². The Hall–Kier alpha value is -3.20. The predicted molar refractivity (Wildman–Crippen MR) is 107 cm³/mol. The number of carbonyl (C=O) groups excluding carboxylic acids is 1. The van der Waals surface area contributed by atoms with Crippen LogP contribution in [0.25, 0.3) is 10.9 Å². The summed E-state index contributed by atoms with van der Waals surface area (Å²) in [6.45, 7) is 0.808. The first-order valence-corrected chi connectivity index (χ1v) is 10.3. The Morgan fingerprint density at radius 1 is 1.21 bits per heavy atom. The van der Waals surface area contributed by atoms with E-state index in [-0.39, 0.29) is 10.8 Å². The van der Waals surface area contributed by atoms with Gasteiger partial charge in [0, 0.05) is 31.1 Å². The highest BCUT2D eigenvalue weighted by Gasteiger charge is 2.20. The molecule has 144 valence electrons. The van der Waals surface area contributed by atoms with Crippen LogP contribution in [0.2, 0.25) is 0 Å². The van der Waals surface area contributed by atoms with E-state index in [4.69, 9.17) is 0 Å². The quantitative estimate of drug-likeness (QED) is 0.704. The van der Waals surface area contributed by atoms with Gasteiger partial charge < -0.3 is 10.2 Å². The first-order valence-electron chi connectivity index (χ1n) is 8.82. The second-order valence-electron chi connectivity index (χ2n) is 6.63. The van der Waals surface area contributed by atoms with E-state index in [2.05, 4.69) is 19.9 Å². The van der Waals surface area contributed by atoms with Crippen LogP contribution in [0, 0.1) is 0 Å². The van der Waals surface area contributed by atoms with Crippen molar-refractivity contribution in [1.82, 2.24) is 15.1 Å². The van der Waals surface area contributed by atoms with Gasteiger partial charge in [0.1, 0.15) is 5.84 Å². The van der Waals surface area contributed by atoms with E-state index in [9.17, 15) is 13.2 Å². The number of nitrogens with one attached hydrogen (secondary N) is 2.